The number of sulfonamides is 1. The summed E-state index contributed by atoms with van der Waals surface area (Å²) >= 11 is 0. The molecule has 0 aliphatic carbocycles. The summed E-state index contributed by atoms with van der Waals surface area (Å²) in [7, 11) is -1.82. The van der Waals surface area contributed by atoms with Gasteiger partial charge < -0.3 is 10.1 Å². The molecule has 0 saturated heterocycles. The average Bonchev–Trinajstić information content (AvgIpc) is 2.41. The maximum atomic E-state index is 10.8. The topological polar surface area (TPSA) is 94.3 Å². The first-order valence-corrected chi connectivity index (χ1v) is 7.85. The summed E-state index contributed by atoms with van der Waals surface area (Å²) in [5.41, 5.74) is 1.61. The Kier molecular flexibility index (Phi) is 4.53. The molecule has 2 aromatic rings. The van der Waals surface area contributed by atoms with E-state index in [-0.39, 0.29) is 5.75 Å². The predicted octanol–water partition coefficient (Wildman–Crippen LogP) is 0.622. The zero-order valence-electron chi connectivity index (χ0n) is 11.2. The number of aromatic nitrogens is 1. The van der Waals surface area contributed by atoms with Crippen molar-refractivity contribution in [2.75, 3.05) is 19.4 Å². The smallest absolute Gasteiger partial charge is 0.210 e. The van der Waals surface area contributed by atoms with Crippen molar-refractivity contribution in [2.24, 2.45) is 5.14 Å². The lowest BCUT2D eigenvalue weighted by Crippen LogP contribution is -2.27. The monoisotopic (exact) mass is 295 g/mol. The standard InChI is InChI=1S/C13H17N3O3S/c1-19-12-4-2-3-10-5-6-11(16-13(10)12)9-15-7-8-20(14,17)18/h2-6,15H,7-9H2,1H3,(H2,14,17,18). The predicted molar refractivity (Wildman–Crippen MR) is 78.0 cm³/mol. The Morgan fingerprint density at radius 3 is 2.80 bits per heavy atom. The van der Waals surface area contributed by atoms with E-state index < -0.39 is 10.0 Å². The molecule has 1 heterocycles. The van der Waals surface area contributed by atoms with Gasteiger partial charge in [-0.05, 0) is 12.1 Å². The van der Waals surface area contributed by atoms with E-state index in [1.165, 1.54) is 0 Å². The molecule has 0 bridgehead atoms. The molecule has 2 rings (SSSR count). The zero-order chi connectivity index (χ0) is 14.6. The molecule has 0 atom stereocenters. The van der Waals surface area contributed by atoms with Crippen LogP contribution in [0.15, 0.2) is 30.3 Å². The van der Waals surface area contributed by atoms with E-state index in [9.17, 15) is 8.42 Å². The molecular formula is C13H17N3O3S. The van der Waals surface area contributed by atoms with Crippen molar-refractivity contribution in [3.05, 3.63) is 36.0 Å². The minimum Gasteiger partial charge on any atom is -0.494 e. The summed E-state index contributed by atoms with van der Waals surface area (Å²) in [6.45, 7) is 0.772. The third-order valence-electron chi connectivity index (χ3n) is 2.83. The van der Waals surface area contributed by atoms with Gasteiger partial charge in [0, 0.05) is 18.5 Å². The quantitative estimate of drug-likeness (QED) is 0.762. The number of primary sulfonamides is 1. The minimum absolute atomic E-state index is 0.0934. The second kappa shape index (κ2) is 6.17. The van der Waals surface area contributed by atoms with Gasteiger partial charge in [-0.3, -0.25) is 0 Å². The van der Waals surface area contributed by atoms with Crippen LogP contribution in [0.5, 0.6) is 5.75 Å². The first-order chi connectivity index (χ1) is 9.49. The molecule has 0 radical (unpaired) electrons. The van der Waals surface area contributed by atoms with Gasteiger partial charge in [0.25, 0.3) is 0 Å². The van der Waals surface area contributed by atoms with E-state index in [0.717, 1.165) is 16.6 Å². The Labute approximate surface area is 118 Å². The summed E-state index contributed by atoms with van der Waals surface area (Å²) in [6, 6.07) is 9.58. The summed E-state index contributed by atoms with van der Waals surface area (Å²) in [4.78, 5) is 4.51. The van der Waals surface area contributed by atoms with Crippen LogP contribution in [0.4, 0.5) is 0 Å². The normalized spacial score (nSPS) is 11.7. The maximum absolute atomic E-state index is 10.8. The number of nitrogens with zero attached hydrogens (tertiary/aromatic N) is 1. The number of benzene rings is 1. The molecule has 108 valence electrons. The molecule has 6 nitrogen and oxygen atoms in total. The van der Waals surface area contributed by atoms with Crippen LogP contribution in [0.3, 0.4) is 0 Å². The lowest BCUT2D eigenvalue weighted by molar-refractivity contribution is 0.419. The SMILES string of the molecule is COc1cccc2ccc(CNCCS(N)(=O)=O)nc12. The van der Waals surface area contributed by atoms with Crippen LogP contribution in [0.1, 0.15) is 5.69 Å². The van der Waals surface area contributed by atoms with Crippen molar-refractivity contribution in [3.8, 4) is 5.75 Å². The Bertz CT molecular complexity index is 701. The lowest BCUT2D eigenvalue weighted by Gasteiger charge is -2.07. The van der Waals surface area contributed by atoms with Crippen molar-refractivity contribution >= 4 is 20.9 Å². The summed E-state index contributed by atoms with van der Waals surface area (Å²) in [5.74, 6) is 0.623. The van der Waals surface area contributed by atoms with E-state index in [1.54, 1.807) is 7.11 Å². The van der Waals surface area contributed by atoms with E-state index >= 15 is 0 Å². The average molecular weight is 295 g/mol. The van der Waals surface area contributed by atoms with Crippen LogP contribution in [-0.2, 0) is 16.6 Å². The van der Waals surface area contributed by atoms with E-state index in [4.69, 9.17) is 9.88 Å². The molecule has 7 heteroatoms. The van der Waals surface area contributed by atoms with E-state index in [1.807, 2.05) is 30.3 Å². The van der Waals surface area contributed by atoms with Crippen LogP contribution < -0.4 is 15.2 Å². The van der Waals surface area contributed by atoms with Gasteiger partial charge in [0.1, 0.15) is 11.3 Å². The van der Waals surface area contributed by atoms with Gasteiger partial charge in [0.05, 0.1) is 18.6 Å². The van der Waals surface area contributed by atoms with Crippen molar-refractivity contribution in [2.45, 2.75) is 6.54 Å². The van der Waals surface area contributed by atoms with Gasteiger partial charge in [-0.2, -0.15) is 0 Å². The van der Waals surface area contributed by atoms with E-state index in [2.05, 4.69) is 10.3 Å². The fraction of sp³-hybridized carbons (Fsp3) is 0.308. The molecule has 0 amide bonds. The molecular weight excluding hydrogens is 278 g/mol. The number of fused-ring (bicyclic) bond motifs is 1. The van der Waals surface area contributed by atoms with Gasteiger partial charge in [-0.15, -0.1) is 0 Å². The lowest BCUT2D eigenvalue weighted by atomic mass is 10.2. The maximum Gasteiger partial charge on any atom is 0.210 e. The molecule has 3 N–H and O–H groups in total. The highest BCUT2D eigenvalue weighted by Gasteiger charge is 2.05. The molecule has 1 aromatic heterocycles. The number of hydrogen-bond acceptors (Lipinski definition) is 5. The van der Waals surface area contributed by atoms with Crippen molar-refractivity contribution in [1.82, 2.24) is 10.3 Å². The largest absolute Gasteiger partial charge is 0.494 e. The second-order valence-electron chi connectivity index (χ2n) is 4.38. The van der Waals surface area contributed by atoms with Crippen molar-refractivity contribution < 1.29 is 13.2 Å². The minimum atomic E-state index is -3.43. The molecule has 0 saturated carbocycles. The molecule has 0 aliphatic rings. The van der Waals surface area contributed by atoms with Crippen LogP contribution >= 0.6 is 0 Å². The van der Waals surface area contributed by atoms with Gasteiger partial charge in [0.2, 0.25) is 10.0 Å². The molecule has 0 aliphatic heterocycles. The number of para-hydroxylation sites is 1. The number of nitrogens with two attached hydrogens (primary N) is 1. The fourth-order valence-corrected chi connectivity index (χ4v) is 2.28. The highest BCUT2D eigenvalue weighted by atomic mass is 32.2. The Balaban J connectivity index is 2.08. The third-order valence-corrected chi connectivity index (χ3v) is 3.60. The molecule has 20 heavy (non-hydrogen) atoms. The summed E-state index contributed by atoms with van der Waals surface area (Å²) in [6.07, 6.45) is 0. The van der Waals surface area contributed by atoms with Crippen molar-refractivity contribution in [1.29, 1.82) is 0 Å². The molecule has 0 spiro atoms. The van der Waals surface area contributed by atoms with Crippen LogP contribution in [0.2, 0.25) is 0 Å². The summed E-state index contributed by atoms with van der Waals surface area (Å²) in [5, 5.41) is 8.92. The van der Waals surface area contributed by atoms with Crippen LogP contribution in [-0.4, -0.2) is 32.8 Å². The van der Waals surface area contributed by atoms with Gasteiger partial charge in [0.15, 0.2) is 0 Å². The van der Waals surface area contributed by atoms with Gasteiger partial charge in [-0.25, -0.2) is 18.5 Å². The molecule has 0 unspecified atom stereocenters. The van der Waals surface area contributed by atoms with Gasteiger partial charge >= 0.3 is 0 Å². The molecule has 0 fully saturated rings. The number of ether oxygens (including phenoxy) is 1. The molecule has 1 aromatic carbocycles. The van der Waals surface area contributed by atoms with Crippen LogP contribution in [0.25, 0.3) is 10.9 Å². The Morgan fingerprint density at radius 1 is 1.30 bits per heavy atom. The van der Waals surface area contributed by atoms with Gasteiger partial charge in [-0.1, -0.05) is 18.2 Å². The number of methoxy groups -OCH3 is 1. The zero-order valence-corrected chi connectivity index (χ0v) is 12.0. The highest BCUT2D eigenvalue weighted by molar-refractivity contribution is 7.89. The first-order valence-electron chi connectivity index (χ1n) is 6.13. The second-order valence-corrected chi connectivity index (χ2v) is 6.11. The first kappa shape index (κ1) is 14.7. The number of hydrogen-bond donors (Lipinski definition) is 2. The third kappa shape index (κ3) is 3.89. The fourth-order valence-electron chi connectivity index (χ4n) is 1.85. The summed E-state index contributed by atoms with van der Waals surface area (Å²) < 4.78 is 26.9. The van der Waals surface area contributed by atoms with E-state index in [0.29, 0.717) is 18.8 Å². The van der Waals surface area contributed by atoms with Crippen LogP contribution in [0, 0.1) is 0 Å². The Hall–Kier alpha value is -1.70. The number of pyridine rings is 1. The number of nitrogens with one attached hydrogen (secondary N) is 1. The highest BCUT2D eigenvalue weighted by Crippen LogP contribution is 2.23. The Morgan fingerprint density at radius 2 is 2.10 bits per heavy atom. The number of rotatable bonds is 6. The van der Waals surface area contributed by atoms with Crippen molar-refractivity contribution in [3.63, 3.8) is 0 Å².